The quantitative estimate of drug-likeness (QED) is 0.662. The summed E-state index contributed by atoms with van der Waals surface area (Å²) in [5, 5.41) is 3.84. The molecule has 0 unspecified atom stereocenters. The van der Waals surface area contributed by atoms with Gasteiger partial charge < -0.3 is 9.42 Å². The summed E-state index contributed by atoms with van der Waals surface area (Å²) in [6.45, 7) is 2.35. The first kappa shape index (κ1) is 18.4. The standard InChI is InChI=1S/C19H17F3N4O2/c1-11-10-14(19(20,21)22)15-16(25-28-17(15)24-11)12-4-8-26(9-5-12)18(27)13-2-6-23-7-3-13/h2-3,6-7,10,12H,4-5,8-9H2,1H3. The van der Waals surface area contributed by atoms with Gasteiger partial charge in [0.15, 0.2) is 0 Å². The largest absolute Gasteiger partial charge is 0.417 e. The fraction of sp³-hybridized carbons (Fsp3) is 0.368. The zero-order valence-corrected chi connectivity index (χ0v) is 15.0. The fourth-order valence-corrected chi connectivity index (χ4v) is 3.63. The molecule has 0 bridgehead atoms. The molecule has 1 aliphatic rings. The molecule has 1 amide bonds. The summed E-state index contributed by atoms with van der Waals surface area (Å²) in [6, 6.07) is 4.30. The van der Waals surface area contributed by atoms with E-state index in [4.69, 9.17) is 4.52 Å². The molecule has 0 aromatic carbocycles. The third kappa shape index (κ3) is 3.32. The smallest absolute Gasteiger partial charge is 0.339 e. The van der Waals surface area contributed by atoms with Crippen LogP contribution in [-0.4, -0.2) is 39.0 Å². The molecule has 0 radical (unpaired) electrons. The Morgan fingerprint density at radius 3 is 2.54 bits per heavy atom. The number of halogens is 3. The Balaban J connectivity index is 1.59. The van der Waals surface area contributed by atoms with Crippen molar-refractivity contribution < 1.29 is 22.5 Å². The second kappa shape index (κ2) is 6.88. The van der Waals surface area contributed by atoms with Crippen molar-refractivity contribution in [2.24, 2.45) is 0 Å². The number of nitrogens with zero attached hydrogens (tertiary/aromatic N) is 4. The Kier molecular flexibility index (Phi) is 4.52. The first-order valence-electron chi connectivity index (χ1n) is 8.88. The molecule has 1 aliphatic heterocycles. The molecule has 146 valence electrons. The number of aromatic nitrogens is 3. The molecule has 0 N–H and O–H groups in total. The van der Waals surface area contributed by atoms with Gasteiger partial charge in [0, 0.05) is 42.7 Å². The Hall–Kier alpha value is -2.97. The fourth-order valence-electron chi connectivity index (χ4n) is 3.63. The molecule has 0 atom stereocenters. The lowest BCUT2D eigenvalue weighted by atomic mass is 9.90. The second-order valence-electron chi connectivity index (χ2n) is 6.86. The highest BCUT2D eigenvalue weighted by atomic mass is 19.4. The number of likely N-dealkylation sites (tertiary alicyclic amines) is 1. The van der Waals surface area contributed by atoms with Crippen LogP contribution in [0.1, 0.15) is 46.1 Å². The van der Waals surface area contributed by atoms with Gasteiger partial charge >= 0.3 is 6.18 Å². The van der Waals surface area contributed by atoms with Gasteiger partial charge in [-0.1, -0.05) is 5.16 Å². The van der Waals surface area contributed by atoms with Crippen LogP contribution in [0.25, 0.3) is 11.1 Å². The number of carbonyl (C=O) groups excluding carboxylic acids is 1. The van der Waals surface area contributed by atoms with Gasteiger partial charge in [-0.25, -0.2) is 4.98 Å². The second-order valence-corrected chi connectivity index (χ2v) is 6.86. The molecule has 6 nitrogen and oxygen atoms in total. The lowest BCUT2D eigenvalue weighted by Gasteiger charge is -2.31. The molecule has 1 fully saturated rings. The molecule has 0 spiro atoms. The molecular weight excluding hydrogens is 373 g/mol. The summed E-state index contributed by atoms with van der Waals surface area (Å²) < 4.78 is 45.7. The number of alkyl halides is 3. The maximum atomic E-state index is 13.5. The maximum absolute atomic E-state index is 13.5. The molecule has 3 aromatic heterocycles. The van der Waals surface area contributed by atoms with E-state index in [0.29, 0.717) is 31.5 Å². The van der Waals surface area contributed by atoms with E-state index in [0.717, 1.165) is 6.07 Å². The van der Waals surface area contributed by atoms with Crippen LogP contribution in [-0.2, 0) is 6.18 Å². The highest BCUT2D eigenvalue weighted by Gasteiger charge is 2.37. The zero-order valence-electron chi connectivity index (χ0n) is 15.0. The summed E-state index contributed by atoms with van der Waals surface area (Å²) in [7, 11) is 0. The highest BCUT2D eigenvalue weighted by molar-refractivity contribution is 5.94. The van der Waals surface area contributed by atoms with E-state index in [1.54, 1.807) is 29.4 Å². The Morgan fingerprint density at radius 1 is 1.21 bits per heavy atom. The number of hydrogen-bond donors (Lipinski definition) is 0. The minimum absolute atomic E-state index is 0.0722. The van der Waals surface area contributed by atoms with Gasteiger partial charge in [-0.15, -0.1) is 0 Å². The number of piperidine rings is 1. The van der Waals surface area contributed by atoms with E-state index in [-0.39, 0.29) is 34.3 Å². The number of fused-ring (bicyclic) bond motifs is 1. The molecule has 28 heavy (non-hydrogen) atoms. The van der Waals surface area contributed by atoms with Crippen molar-refractivity contribution in [2.45, 2.75) is 31.9 Å². The maximum Gasteiger partial charge on any atom is 0.417 e. The molecule has 4 rings (SSSR count). The average Bonchev–Trinajstić information content (AvgIpc) is 3.10. The van der Waals surface area contributed by atoms with Crippen molar-refractivity contribution in [3.8, 4) is 0 Å². The van der Waals surface area contributed by atoms with Crippen molar-refractivity contribution in [1.29, 1.82) is 0 Å². The van der Waals surface area contributed by atoms with E-state index in [9.17, 15) is 18.0 Å². The highest BCUT2D eigenvalue weighted by Crippen LogP contribution is 2.40. The Bertz CT molecular complexity index is 1010. The topological polar surface area (TPSA) is 72.1 Å². The van der Waals surface area contributed by atoms with Crippen LogP contribution < -0.4 is 0 Å². The van der Waals surface area contributed by atoms with Crippen LogP contribution >= 0.6 is 0 Å². The summed E-state index contributed by atoms with van der Waals surface area (Å²) in [6.07, 6.45) is -0.415. The summed E-state index contributed by atoms with van der Waals surface area (Å²) in [4.78, 5) is 22.2. The van der Waals surface area contributed by atoms with Crippen molar-refractivity contribution in [3.63, 3.8) is 0 Å². The SMILES string of the molecule is Cc1cc(C(F)(F)F)c2c(C3CCN(C(=O)c4ccncc4)CC3)noc2n1. The van der Waals surface area contributed by atoms with Crippen LogP contribution in [0.15, 0.2) is 35.1 Å². The van der Waals surface area contributed by atoms with E-state index in [1.807, 2.05) is 0 Å². The van der Waals surface area contributed by atoms with E-state index in [2.05, 4.69) is 15.1 Å². The molecule has 4 heterocycles. The Labute approximate surface area is 158 Å². The van der Waals surface area contributed by atoms with Crippen LogP contribution in [0.2, 0.25) is 0 Å². The predicted octanol–water partition coefficient (Wildman–Crippen LogP) is 3.96. The zero-order chi connectivity index (χ0) is 19.9. The third-order valence-electron chi connectivity index (χ3n) is 5.00. The van der Waals surface area contributed by atoms with Gasteiger partial charge in [0.2, 0.25) is 0 Å². The minimum atomic E-state index is -4.52. The number of pyridine rings is 2. The lowest BCUT2D eigenvalue weighted by molar-refractivity contribution is -0.136. The summed E-state index contributed by atoms with van der Waals surface area (Å²) in [5.41, 5.74) is 0.157. The van der Waals surface area contributed by atoms with Gasteiger partial charge in [0.1, 0.15) is 0 Å². The van der Waals surface area contributed by atoms with Gasteiger partial charge in [-0.05, 0) is 38.0 Å². The molecule has 9 heteroatoms. The predicted molar refractivity (Wildman–Crippen MR) is 93.7 cm³/mol. The number of aryl methyl sites for hydroxylation is 1. The van der Waals surface area contributed by atoms with Gasteiger partial charge in [-0.3, -0.25) is 9.78 Å². The van der Waals surface area contributed by atoms with E-state index >= 15 is 0 Å². The van der Waals surface area contributed by atoms with Gasteiger partial charge in [-0.2, -0.15) is 13.2 Å². The monoisotopic (exact) mass is 390 g/mol. The third-order valence-corrected chi connectivity index (χ3v) is 5.00. The molecular formula is C19H17F3N4O2. The number of rotatable bonds is 2. The minimum Gasteiger partial charge on any atom is -0.339 e. The molecule has 0 aliphatic carbocycles. The van der Waals surface area contributed by atoms with Crippen molar-refractivity contribution in [3.05, 3.63) is 53.1 Å². The van der Waals surface area contributed by atoms with E-state index in [1.165, 1.54) is 6.92 Å². The van der Waals surface area contributed by atoms with Crippen molar-refractivity contribution >= 4 is 17.0 Å². The van der Waals surface area contributed by atoms with Gasteiger partial charge in [0.05, 0.1) is 16.6 Å². The molecule has 0 saturated carbocycles. The number of carbonyl (C=O) groups is 1. The van der Waals surface area contributed by atoms with Crippen LogP contribution in [0.4, 0.5) is 13.2 Å². The van der Waals surface area contributed by atoms with Crippen LogP contribution in [0.5, 0.6) is 0 Å². The molecule has 1 saturated heterocycles. The van der Waals surface area contributed by atoms with Crippen molar-refractivity contribution in [1.82, 2.24) is 20.0 Å². The van der Waals surface area contributed by atoms with Crippen LogP contribution in [0, 0.1) is 6.92 Å². The van der Waals surface area contributed by atoms with Crippen LogP contribution in [0.3, 0.4) is 0 Å². The summed E-state index contributed by atoms with van der Waals surface area (Å²) >= 11 is 0. The normalized spacial score (nSPS) is 15.9. The first-order chi connectivity index (χ1) is 13.3. The Morgan fingerprint density at radius 2 is 1.89 bits per heavy atom. The summed E-state index contributed by atoms with van der Waals surface area (Å²) in [5.74, 6) is -0.340. The number of hydrogen-bond acceptors (Lipinski definition) is 5. The van der Waals surface area contributed by atoms with Crippen molar-refractivity contribution in [2.75, 3.05) is 13.1 Å². The average molecular weight is 390 g/mol. The van der Waals surface area contributed by atoms with Gasteiger partial charge in [0.25, 0.3) is 11.6 Å². The lowest BCUT2D eigenvalue weighted by Crippen LogP contribution is -2.38. The number of amides is 1. The molecule has 3 aromatic rings. The first-order valence-corrected chi connectivity index (χ1v) is 8.88. The van der Waals surface area contributed by atoms with E-state index < -0.39 is 11.7 Å².